The predicted molar refractivity (Wildman–Crippen MR) is 97.0 cm³/mol. The highest BCUT2D eigenvalue weighted by atomic mass is 32.1. The summed E-state index contributed by atoms with van der Waals surface area (Å²) in [6, 6.07) is 7.49. The second-order valence-corrected chi connectivity index (χ2v) is 6.12. The van der Waals surface area contributed by atoms with Crippen LogP contribution in [-0.2, 0) is 11.5 Å². The molecule has 0 spiro atoms. The fraction of sp³-hybridized carbons (Fsp3) is 0.471. The third-order valence-corrected chi connectivity index (χ3v) is 3.77. The Morgan fingerprint density at radius 3 is 2.72 bits per heavy atom. The Morgan fingerprint density at radius 2 is 2.08 bits per heavy atom. The molecule has 8 heteroatoms. The van der Waals surface area contributed by atoms with E-state index in [-0.39, 0.29) is 10.7 Å². The van der Waals surface area contributed by atoms with Crippen LogP contribution in [0.2, 0.25) is 0 Å². The minimum absolute atomic E-state index is 0.0149. The van der Waals surface area contributed by atoms with Gasteiger partial charge in [0.05, 0.1) is 13.7 Å². The molecule has 1 aromatic carbocycles. The van der Waals surface area contributed by atoms with E-state index in [0.29, 0.717) is 32.3 Å². The third-order valence-electron chi connectivity index (χ3n) is 3.47. The average Bonchev–Trinajstić information content (AvgIpc) is 2.94. The number of ether oxygens (including phenoxy) is 1. The van der Waals surface area contributed by atoms with Crippen molar-refractivity contribution in [3.63, 3.8) is 0 Å². The molecule has 0 saturated carbocycles. The molecule has 1 aromatic heterocycles. The first-order valence-corrected chi connectivity index (χ1v) is 8.83. The first kappa shape index (κ1) is 19.1. The molecular weight excluding hydrogens is 340 g/mol. The second kappa shape index (κ2) is 9.33. The maximum Gasteiger partial charge on any atom is 0.292 e. The Labute approximate surface area is 152 Å². The van der Waals surface area contributed by atoms with E-state index in [9.17, 15) is 4.79 Å². The number of amides is 1. The highest BCUT2D eigenvalue weighted by Crippen LogP contribution is 2.21. The summed E-state index contributed by atoms with van der Waals surface area (Å²) in [5.41, 5.74) is 0.826. The van der Waals surface area contributed by atoms with Gasteiger partial charge in [0.1, 0.15) is 5.75 Å². The topological polar surface area (TPSA) is 73.7 Å². The van der Waals surface area contributed by atoms with E-state index in [4.69, 9.17) is 21.4 Å². The summed E-state index contributed by atoms with van der Waals surface area (Å²) in [4.78, 5) is 13.0. The SMILES string of the molecule is CCCNC(=O)C[NH+](C)Cn1nc(-c2ccc(OCC)cc2)oc1=S. The number of likely N-dealkylation sites (N-methyl/N-ethyl adjacent to an activating group) is 1. The maximum absolute atomic E-state index is 11.8. The van der Waals surface area contributed by atoms with Crippen LogP contribution in [0, 0.1) is 4.84 Å². The highest BCUT2D eigenvalue weighted by molar-refractivity contribution is 7.71. The molecule has 0 bridgehead atoms. The van der Waals surface area contributed by atoms with Gasteiger partial charge in [-0.25, -0.2) is 0 Å². The van der Waals surface area contributed by atoms with Crippen molar-refractivity contribution in [1.82, 2.24) is 15.1 Å². The minimum atomic E-state index is 0.0149. The molecule has 2 aromatic rings. The van der Waals surface area contributed by atoms with E-state index in [1.54, 1.807) is 4.68 Å². The first-order valence-electron chi connectivity index (χ1n) is 8.42. The number of hydrogen-bond acceptors (Lipinski definition) is 5. The van der Waals surface area contributed by atoms with Gasteiger partial charge in [-0.3, -0.25) is 4.79 Å². The first-order chi connectivity index (χ1) is 12.0. The number of carbonyl (C=O) groups is 1. The van der Waals surface area contributed by atoms with Crippen molar-refractivity contribution in [2.24, 2.45) is 0 Å². The van der Waals surface area contributed by atoms with Crippen LogP contribution in [0.15, 0.2) is 28.7 Å². The smallest absolute Gasteiger partial charge is 0.292 e. The molecule has 2 rings (SSSR count). The van der Waals surface area contributed by atoms with Crippen molar-refractivity contribution in [3.8, 4) is 17.2 Å². The summed E-state index contributed by atoms with van der Waals surface area (Å²) in [5, 5.41) is 7.28. The van der Waals surface area contributed by atoms with Crippen molar-refractivity contribution in [3.05, 3.63) is 29.1 Å². The van der Waals surface area contributed by atoms with Gasteiger partial charge in [0, 0.05) is 12.1 Å². The molecule has 2 N–H and O–H groups in total. The standard InChI is InChI=1S/C17H24N4O3S/c1-4-10-18-15(22)11-20(3)12-21-17(25)24-16(19-21)13-6-8-14(9-7-13)23-5-2/h6-9H,4-5,10-12H2,1-3H3,(H,18,22)/p+1. The zero-order valence-corrected chi connectivity index (χ0v) is 15.7. The van der Waals surface area contributed by atoms with Crippen LogP contribution in [0.4, 0.5) is 0 Å². The zero-order chi connectivity index (χ0) is 18.2. The Bertz CT molecular complexity index is 739. The number of rotatable bonds is 9. The van der Waals surface area contributed by atoms with Gasteiger partial charge in [0.25, 0.3) is 10.7 Å². The lowest BCUT2D eigenvalue weighted by molar-refractivity contribution is -0.895. The van der Waals surface area contributed by atoms with E-state index >= 15 is 0 Å². The predicted octanol–water partition coefficient (Wildman–Crippen LogP) is 1.27. The van der Waals surface area contributed by atoms with Crippen LogP contribution in [0.3, 0.4) is 0 Å². The number of aromatic nitrogens is 2. The van der Waals surface area contributed by atoms with Crippen molar-refractivity contribution in [2.75, 3.05) is 26.7 Å². The molecule has 0 aliphatic rings. The van der Waals surface area contributed by atoms with E-state index in [1.807, 2.05) is 45.2 Å². The maximum atomic E-state index is 11.8. The molecule has 1 unspecified atom stereocenters. The van der Waals surface area contributed by atoms with Crippen LogP contribution in [-0.4, -0.2) is 42.4 Å². The van der Waals surface area contributed by atoms with Crippen LogP contribution in [0.25, 0.3) is 11.5 Å². The summed E-state index contributed by atoms with van der Waals surface area (Å²) in [6.07, 6.45) is 0.921. The molecule has 7 nitrogen and oxygen atoms in total. The second-order valence-electron chi connectivity index (χ2n) is 5.77. The summed E-state index contributed by atoms with van der Waals surface area (Å²) in [5.74, 6) is 1.27. The molecule has 0 aliphatic heterocycles. The van der Waals surface area contributed by atoms with Crippen LogP contribution in [0.1, 0.15) is 20.3 Å². The van der Waals surface area contributed by atoms with Gasteiger partial charge in [-0.1, -0.05) is 6.92 Å². The van der Waals surface area contributed by atoms with Crippen LogP contribution < -0.4 is 15.0 Å². The molecule has 1 amide bonds. The van der Waals surface area contributed by atoms with Crippen molar-refractivity contribution >= 4 is 18.1 Å². The Hall–Kier alpha value is -2.19. The Kier molecular flexibility index (Phi) is 7.15. The van der Waals surface area contributed by atoms with Gasteiger partial charge in [-0.15, -0.1) is 5.10 Å². The number of nitrogens with one attached hydrogen (secondary N) is 2. The number of nitrogens with zero attached hydrogens (tertiary/aromatic N) is 2. The zero-order valence-electron chi connectivity index (χ0n) is 14.9. The lowest BCUT2D eigenvalue weighted by Crippen LogP contribution is -3.09. The summed E-state index contributed by atoms with van der Waals surface area (Å²) in [6.45, 7) is 6.09. The Morgan fingerprint density at radius 1 is 1.36 bits per heavy atom. The van der Waals surface area contributed by atoms with E-state index in [2.05, 4.69) is 10.4 Å². The van der Waals surface area contributed by atoms with E-state index < -0.39 is 0 Å². The monoisotopic (exact) mass is 365 g/mol. The lowest BCUT2D eigenvalue weighted by Gasteiger charge is -2.12. The molecule has 1 atom stereocenters. The van der Waals surface area contributed by atoms with Gasteiger partial charge in [-0.05, 0) is 49.8 Å². The van der Waals surface area contributed by atoms with Gasteiger partial charge in [0.15, 0.2) is 13.2 Å². The fourth-order valence-corrected chi connectivity index (χ4v) is 2.48. The molecule has 0 saturated heterocycles. The lowest BCUT2D eigenvalue weighted by atomic mass is 10.2. The van der Waals surface area contributed by atoms with E-state index in [1.165, 1.54) is 0 Å². The average molecular weight is 365 g/mol. The fourth-order valence-electron chi connectivity index (χ4n) is 2.30. The summed E-state index contributed by atoms with van der Waals surface area (Å²) >= 11 is 5.24. The molecule has 1 heterocycles. The van der Waals surface area contributed by atoms with Gasteiger partial charge in [-0.2, -0.15) is 4.68 Å². The largest absolute Gasteiger partial charge is 0.494 e. The quantitative estimate of drug-likeness (QED) is 0.655. The number of hydrogen-bond donors (Lipinski definition) is 2. The molecular formula is C17H25N4O3S+. The number of benzene rings is 1. The molecule has 0 radical (unpaired) electrons. The molecule has 0 fully saturated rings. The summed E-state index contributed by atoms with van der Waals surface area (Å²) < 4.78 is 12.6. The normalized spacial score (nSPS) is 12.0. The summed E-state index contributed by atoms with van der Waals surface area (Å²) in [7, 11) is 1.92. The minimum Gasteiger partial charge on any atom is -0.494 e. The van der Waals surface area contributed by atoms with Crippen LogP contribution >= 0.6 is 12.2 Å². The van der Waals surface area contributed by atoms with Crippen molar-refractivity contribution < 1.29 is 18.8 Å². The Balaban J connectivity index is 2.01. The van der Waals surface area contributed by atoms with Crippen molar-refractivity contribution in [2.45, 2.75) is 26.9 Å². The van der Waals surface area contributed by atoms with Crippen LogP contribution in [0.5, 0.6) is 5.75 Å². The highest BCUT2D eigenvalue weighted by Gasteiger charge is 2.14. The van der Waals surface area contributed by atoms with Gasteiger partial charge in [0.2, 0.25) is 5.89 Å². The molecule has 0 aliphatic carbocycles. The van der Waals surface area contributed by atoms with Crippen molar-refractivity contribution in [1.29, 1.82) is 0 Å². The van der Waals surface area contributed by atoms with Gasteiger partial charge < -0.3 is 19.4 Å². The van der Waals surface area contributed by atoms with E-state index in [0.717, 1.165) is 22.6 Å². The molecule has 136 valence electrons. The molecule has 25 heavy (non-hydrogen) atoms. The number of quaternary nitrogens is 1. The number of carbonyl (C=O) groups excluding carboxylic acids is 1. The third kappa shape index (κ3) is 5.68. The van der Waals surface area contributed by atoms with Gasteiger partial charge >= 0.3 is 0 Å².